The van der Waals surface area contributed by atoms with Crippen LogP contribution in [0.3, 0.4) is 0 Å². The predicted octanol–water partition coefficient (Wildman–Crippen LogP) is 5.20. The first-order valence-electron chi connectivity index (χ1n) is 11.7. The number of carbonyl (C=O) groups excluding carboxylic acids is 1. The topological polar surface area (TPSA) is 35.6 Å². The zero-order valence-electron chi connectivity index (χ0n) is 18.7. The van der Waals surface area contributed by atoms with E-state index in [0.29, 0.717) is 5.92 Å². The van der Waals surface area contributed by atoms with E-state index >= 15 is 0 Å². The van der Waals surface area contributed by atoms with Gasteiger partial charge in [0, 0.05) is 12.6 Å². The summed E-state index contributed by atoms with van der Waals surface area (Å²) in [6.07, 6.45) is 2.24. The molecule has 0 aromatic heterocycles. The summed E-state index contributed by atoms with van der Waals surface area (Å²) in [7, 11) is 0. The molecular formula is C28H31N3O. The van der Waals surface area contributed by atoms with Gasteiger partial charge in [-0.1, -0.05) is 72.8 Å². The zero-order valence-corrected chi connectivity index (χ0v) is 18.7. The van der Waals surface area contributed by atoms with Crippen molar-refractivity contribution in [2.75, 3.05) is 24.5 Å². The summed E-state index contributed by atoms with van der Waals surface area (Å²) in [6, 6.07) is 29.5. The number of likely N-dealkylation sites (tertiary alicyclic amines) is 1. The van der Waals surface area contributed by atoms with Gasteiger partial charge in [0.05, 0.1) is 11.3 Å². The minimum absolute atomic E-state index is 0.00146. The number of anilines is 1. The summed E-state index contributed by atoms with van der Waals surface area (Å²) in [6.45, 7) is 5.49. The maximum absolute atomic E-state index is 12.9. The molecule has 1 N–H and O–H groups in total. The molecule has 1 amide bonds. The molecule has 2 atom stereocenters. The SMILES string of the molecule is CC(CN1CCC(c2ccccc2)CC1)N1c2ccccc2C(=O)NC1c1ccccc1. The molecule has 32 heavy (non-hydrogen) atoms. The van der Waals surface area contributed by atoms with Crippen molar-refractivity contribution in [2.45, 2.75) is 37.9 Å². The first-order valence-corrected chi connectivity index (χ1v) is 11.7. The van der Waals surface area contributed by atoms with Gasteiger partial charge in [-0.15, -0.1) is 0 Å². The van der Waals surface area contributed by atoms with E-state index in [1.807, 2.05) is 36.4 Å². The molecule has 4 nitrogen and oxygen atoms in total. The maximum Gasteiger partial charge on any atom is 0.255 e. The predicted molar refractivity (Wildman–Crippen MR) is 130 cm³/mol. The van der Waals surface area contributed by atoms with Crippen LogP contribution in [0.1, 0.15) is 53.3 Å². The Balaban J connectivity index is 1.34. The van der Waals surface area contributed by atoms with E-state index in [1.54, 1.807) is 0 Å². The first-order chi connectivity index (χ1) is 15.7. The normalized spacial score (nSPS) is 20.5. The number of piperidine rings is 1. The molecule has 3 aromatic rings. The van der Waals surface area contributed by atoms with Gasteiger partial charge >= 0.3 is 0 Å². The van der Waals surface area contributed by atoms with Gasteiger partial charge in [0.15, 0.2) is 0 Å². The molecule has 0 aliphatic carbocycles. The van der Waals surface area contributed by atoms with Crippen LogP contribution in [0, 0.1) is 0 Å². The van der Waals surface area contributed by atoms with Crippen molar-refractivity contribution in [1.29, 1.82) is 0 Å². The number of nitrogens with zero attached hydrogens (tertiary/aromatic N) is 2. The number of para-hydroxylation sites is 1. The summed E-state index contributed by atoms with van der Waals surface area (Å²) < 4.78 is 0. The Morgan fingerprint density at radius 3 is 2.12 bits per heavy atom. The molecule has 0 saturated carbocycles. The molecular weight excluding hydrogens is 394 g/mol. The quantitative estimate of drug-likeness (QED) is 0.610. The second-order valence-corrected chi connectivity index (χ2v) is 9.05. The third-order valence-corrected chi connectivity index (χ3v) is 6.94. The lowest BCUT2D eigenvalue weighted by Gasteiger charge is -2.45. The van der Waals surface area contributed by atoms with Crippen molar-refractivity contribution in [3.63, 3.8) is 0 Å². The third-order valence-electron chi connectivity index (χ3n) is 6.94. The lowest BCUT2D eigenvalue weighted by Crippen LogP contribution is -2.53. The van der Waals surface area contributed by atoms with Gasteiger partial charge in [0.1, 0.15) is 6.17 Å². The average Bonchev–Trinajstić information content (AvgIpc) is 2.85. The van der Waals surface area contributed by atoms with Gasteiger partial charge in [-0.05, 0) is 62.0 Å². The summed E-state index contributed by atoms with van der Waals surface area (Å²) in [5, 5.41) is 3.25. The van der Waals surface area contributed by atoms with Crippen molar-refractivity contribution in [1.82, 2.24) is 10.2 Å². The Bertz CT molecular complexity index is 1040. The second kappa shape index (κ2) is 9.17. The van der Waals surface area contributed by atoms with Gasteiger partial charge in [-0.3, -0.25) is 4.79 Å². The average molecular weight is 426 g/mol. The molecule has 1 saturated heterocycles. The van der Waals surface area contributed by atoms with Crippen LogP contribution in [0.25, 0.3) is 0 Å². The van der Waals surface area contributed by atoms with Crippen LogP contribution < -0.4 is 10.2 Å². The summed E-state index contributed by atoms with van der Waals surface area (Å²) in [4.78, 5) is 17.8. The molecule has 4 heteroatoms. The molecule has 0 radical (unpaired) electrons. The lowest BCUT2D eigenvalue weighted by atomic mass is 9.89. The van der Waals surface area contributed by atoms with Crippen molar-refractivity contribution in [2.24, 2.45) is 0 Å². The lowest BCUT2D eigenvalue weighted by molar-refractivity contribution is 0.0921. The van der Waals surface area contributed by atoms with Crippen LogP contribution in [-0.2, 0) is 0 Å². The molecule has 2 unspecified atom stereocenters. The molecule has 164 valence electrons. The van der Waals surface area contributed by atoms with Crippen molar-refractivity contribution in [3.05, 3.63) is 102 Å². The van der Waals surface area contributed by atoms with Crippen LogP contribution in [-0.4, -0.2) is 36.5 Å². The highest BCUT2D eigenvalue weighted by molar-refractivity contribution is 6.02. The van der Waals surface area contributed by atoms with Gasteiger partial charge in [-0.2, -0.15) is 0 Å². The molecule has 1 fully saturated rings. The number of nitrogens with one attached hydrogen (secondary N) is 1. The van der Waals surface area contributed by atoms with Crippen molar-refractivity contribution >= 4 is 11.6 Å². The number of benzene rings is 3. The number of amides is 1. The molecule has 2 heterocycles. The summed E-state index contributed by atoms with van der Waals surface area (Å²) in [5.74, 6) is 0.663. The highest BCUT2D eigenvalue weighted by atomic mass is 16.2. The molecule has 5 rings (SSSR count). The molecule has 2 aliphatic rings. The van der Waals surface area contributed by atoms with Crippen LogP contribution >= 0.6 is 0 Å². The van der Waals surface area contributed by atoms with E-state index in [4.69, 9.17) is 0 Å². The van der Waals surface area contributed by atoms with Crippen LogP contribution in [0.4, 0.5) is 5.69 Å². The summed E-state index contributed by atoms with van der Waals surface area (Å²) in [5.41, 5.74) is 4.37. The molecule has 3 aromatic carbocycles. The second-order valence-electron chi connectivity index (χ2n) is 9.05. The zero-order chi connectivity index (χ0) is 21.9. The number of fused-ring (bicyclic) bond motifs is 1. The monoisotopic (exact) mass is 425 g/mol. The van der Waals surface area contributed by atoms with E-state index in [2.05, 4.69) is 70.6 Å². The highest BCUT2D eigenvalue weighted by Crippen LogP contribution is 2.35. The standard InChI is InChI=1S/C28H31N3O/c1-21(20-30-18-16-23(17-19-30)22-10-4-2-5-11-22)31-26-15-9-8-14-25(26)28(32)29-27(31)24-12-6-3-7-13-24/h2-15,21,23,27H,16-20H2,1H3,(H,29,32). The van der Waals surface area contributed by atoms with E-state index < -0.39 is 0 Å². The molecule has 2 aliphatic heterocycles. The third kappa shape index (κ3) is 4.15. The minimum atomic E-state index is -0.157. The first kappa shape index (κ1) is 20.8. The van der Waals surface area contributed by atoms with E-state index in [-0.39, 0.29) is 18.1 Å². The molecule has 0 spiro atoms. The van der Waals surface area contributed by atoms with Gasteiger partial charge in [0.25, 0.3) is 5.91 Å². The van der Waals surface area contributed by atoms with Gasteiger partial charge in [0.2, 0.25) is 0 Å². The number of hydrogen-bond donors (Lipinski definition) is 1. The van der Waals surface area contributed by atoms with Crippen LogP contribution in [0.5, 0.6) is 0 Å². The van der Waals surface area contributed by atoms with Crippen LogP contribution in [0.2, 0.25) is 0 Å². The van der Waals surface area contributed by atoms with Crippen molar-refractivity contribution < 1.29 is 4.79 Å². The van der Waals surface area contributed by atoms with Gasteiger partial charge < -0.3 is 15.1 Å². The fraction of sp³-hybridized carbons (Fsp3) is 0.321. The van der Waals surface area contributed by atoms with Crippen molar-refractivity contribution in [3.8, 4) is 0 Å². The number of hydrogen-bond acceptors (Lipinski definition) is 3. The maximum atomic E-state index is 12.9. The molecule has 0 bridgehead atoms. The Morgan fingerprint density at radius 1 is 0.844 bits per heavy atom. The van der Waals surface area contributed by atoms with E-state index in [9.17, 15) is 4.79 Å². The Kier molecular flexibility index (Phi) is 5.95. The largest absolute Gasteiger partial charge is 0.343 e. The summed E-state index contributed by atoms with van der Waals surface area (Å²) >= 11 is 0. The van der Waals surface area contributed by atoms with Crippen LogP contribution in [0.15, 0.2) is 84.9 Å². The van der Waals surface area contributed by atoms with Gasteiger partial charge in [-0.25, -0.2) is 0 Å². The van der Waals surface area contributed by atoms with E-state index in [0.717, 1.165) is 36.4 Å². The Labute approximate surface area is 190 Å². The fourth-order valence-corrected chi connectivity index (χ4v) is 5.31. The van der Waals surface area contributed by atoms with E-state index in [1.165, 1.54) is 18.4 Å². The highest BCUT2D eigenvalue weighted by Gasteiger charge is 2.35. The smallest absolute Gasteiger partial charge is 0.255 e. The fourth-order valence-electron chi connectivity index (χ4n) is 5.31. The Morgan fingerprint density at radius 2 is 1.44 bits per heavy atom. The number of carbonyl (C=O) groups is 1. The Hall–Kier alpha value is -3.11. The number of rotatable bonds is 5. The minimum Gasteiger partial charge on any atom is -0.343 e.